The van der Waals surface area contributed by atoms with E-state index in [4.69, 9.17) is 0 Å². The summed E-state index contributed by atoms with van der Waals surface area (Å²) in [6.07, 6.45) is 2.01. The lowest BCUT2D eigenvalue weighted by atomic mass is 10.2. The number of benzene rings is 2. The summed E-state index contributed by atoms with van der Waals surface area (Å²) in [5.41, 5.74) is 5.67. The number of hydrazone groups is 1. The lowest BCUT2D eigenvalue weighted by molar-refractivity contribution is -0.115. The fraction of sp³-hybridized carbons (Fsp3) is 0.167. The number of rotatable bonds is 5. The zero-order valence-corrected chi connectivity index (χ0v) is 13.2. The van der Waals surface area contributed by atoms with Crippen molar-refractivity contribution in [1.29, 1.82) is 0 Å². The molecule has 0 fully saturated rings. The molecule has 0 heterocycles. The van der Waals surface area contributed by atoms with E-state index in [9.17, 15) is 9.59 Å². The van der Waals surface area contributed by atoms with Crippen molar-refractivity contribution in [3.8, 4) is 0 Å². The Hall–Kier alpha value is -2.95. The van der Waals surface area contributed by atoms with Gasteiger partial charge in [-0.3, -0.25) is 9.59 Å². The fourth-order valence-electron chi connectivity index (χ4n) is 1.93. The third-order valence-electron chi connectivity index (χ3n) is 3.17. The molecule has 5 heteroatoms. The first-order chi connectivity index (χ1) is 11.1. The van der Waals surface area contributed by atoms with Crippen LogP contribution in [-0.2, 0) is 4.79 Å². The van der Waals surface area contributed by atoms with Crippen LogP contribution in [-0.4, -0.2) is 18.0 Å². The number of hydrogen-bond acceptors (Lipinski definition) is 3. The van der Waals surface area contributed by atoms with Crippen molar-refractivity contribution in [2.45, 2.75) is 20.3 Å². The van der Waals surface area contributed by atoms with E-state index in [-0.39, 0.29) is 11.8 Å². The van der Waals surface area contributed by atoms with Crippen molar-refractivity contribution in [3.63, 3.8) is 0 Å². The number of amides is 2. The average Bonchev–Trinajstić information content (AvgIpc) is 2.55. The molecule has 0 atom stereocenters. The number of carbonyl (C=O) groups is 2. The standard InChI is InChI=1S/C18H19N3O2/c1-3-17(22)20-16-9-7-15(8-10-16)18(23)21-19-12-14-6-4-5-13(2)11-14/h4-12H,3H2,1-2H3,(H,20,22)(H,21,23)/b19-12-. The molecule has 2 amide bonds. The molecule has 2 aromatic rings. The molecule has 23 heavy (non-hydrogen) atoms. The van der Waals surface area contributed by atoms with Crippen LogP contribution in [0.3, 0.4) is 0 Å². The van der Waals surface area contributed by atoms with Gasteiger partial charge in [0.25, 0.3) is 5.91 Å². The summed E-state index contributed by atoms with van der Waals surface area (Å²) < 4.78 is 0. The Labute approximate surface area is 135 Å². The lowest BCUT2D eigenvalue weighted by Gasteiger charge is -2.04. The summed E-state index contributed by atoms with van der Waals surface area (Å²) in [6.45, 7) is 3.78. The van der Waals surface area contributed by atoms with Gasteiger partial charge in [0.05, 0.1) is 6.21 Å². The summed E-state index contributed by atoms with van der Waals surface area (Å²) in [5, 5.41) is 6.68. The molecule has 0 saturated heterocycles. The third-order valence-corrected chi connectivity index (χ3v) is 3.17. The molecule has 0 aromatic heterocycles. The Morgan fingerprint density at radius 1 is 1.13 bits per heavy atom. The second kappa shape index (κ2) is 7.89. The van der Waals surface area contributed by atoms with Crippen LogP contribution >= 0.6 is 0 Å². The first-order valence-corrected chi connectivity index (χ1v) is 7.38. The Morgan fingerprint density at radius 3 is 2.52 bits per heavy atom. The summed E-state index contributed by atoms with van der Waals surface area (Å²) in [5.74, 6) is -0.368. The fourth-order valence-corrected chi connectivity index (χ4v) is 1.93. The summed E-state index contributed by atoms with van der Waals surface area (Å²) in [4.78, 5) is 23.3. The van der Waals surface area contributed by atoms with Crippen LogP contribution in [0.5, 0.6) is 0 Å². The molecular weight excluding hydrogens is 290 g/mol. The largest absolute Gasteiger partial charge is 0.326 e. The minimum atomic E-state index is -0.303. The molecule has 0 aliphatic rings. The molecule has 0 spiro atoms. The van der Waals surface area contributed by atoms with Gasteiger partial charge in [-0.05, 0) is 36.8 Å². The molecular formula is C18H19N3O2. The Balaban J connectivity index is 1.94. The Morgan fingerprint density at radius 2 is 1.87 bits per heavy atom. The van der Waals surface area contributed by atoms with E-state index >= 15 is 0 Å². The third kappa shape index (κ3) is 5.07. The summed E-state index contributed by atoms with van der Waals surface area (Å²) in [6, 6.07) is 14.5. The van der Waals surface area contributed by atoms with Gasteiger partial charge < -0.3 is 5.32 Å². The number of nitrogens with one attached hydrogen (secondary N) is 2. The van der Waals surface area contributed by atoms with Crippen molar-refractivity contribution >= 4 is 23.7 Å². The maximum absolute atomic E-state index is 12.0. The number of hydrogen-bond donors (Lipinski definition) is 2. The molecule has 2 N–H and O–H groups in total. The molecule has 0 aliphatic carbocycles. The van der Waals surface area contributed by atoms with Crippen LogP contribution in [0.2, 0.25) is 0 Å². The van der Waals surface area contributed by atoms with E-state index in [2.05, 4.69) is 15.8 Å². The predicted octanol–water partition coefficient (Wildman–Crippen LogP) is 3.11. The van der Waals surface area contributed by atoms with E-state index in [0.717, 1.165) is 11.1 Å². The van der Waals surface area contributed by atoms with Crippen molar-refractivity contribution in [1.82, 2.24) is 5.43 Å². The molecule has 5 nitrogen and oxygen atoms in total. The molecule has 0 aliphatic heterocycles. The van der Waals surface area contributed by atoms with Gasteiger partial charge in [0.15, 0.2) is 0 Å². The van der Waals surface area contributed by atoms with E-state index in [1.54, 1.807) is 37.4 Å². The van der Waals surface area contributed by atoms with Crippen LogP contribution in [0, 0.1) is 6.92 Å². The minimum Gasteiger partial charge on any atom is -0.326 e. The zero-order chi connectivity index (χ0) is 16.7. The maximum atomic E-state index is 12.0. The number of aryl methyl sites for hydroxylation is 1. The van der Waals surface area contributed by atoms with Gasteiger partial charge in [-0.15, -0.1) is 0 Å². The first-order valence-electron chi connectivity index (χ1n) is 7.38. The second-order valence-corrected chi connectivity index (χ2v) is 5.09. The van der Waals surface area contributed by atoms with Gasteiger partial charge in [-0.25, -0.2) is 5.43 Å². The van der Waals surface area contributed by atoms with Gasteiger partial charge in [0, 0.05) is 17.7 Å². The Bertz CT molecular complexity index is 721. The summed E-state index contributed by atoms with van der Waals surface area (Å²) in [7, 11) is 0. The molecule has 118 valence electrons. The molecule has 0 radical (unpaired) electrons. The van der Waals surface area contributed by atoms with Crippen LogP contribution in [0.25, 0.3) is 0 Å². The van der Waals surface area contributed by atoms with Gasteiger partial charge >= 0.3 is 0 Å². The van der Waals surface area contributed by atoms with Crippen LogP contribution < -0.4 is 10.7 Å². The van der Waals surface area contributed by atoms with Crippen LogP contribution in [0.1, 0.15) is 34.8 Å². The van der Waals surface area contributed by atoms with Crippen molar-refractivity contribution in [3.05, 3.63) is 65.2 Å². The summed E-state index contributed by atoms with van der Waals surface area (Å²) >= 11 is 0. The number of nitrogens with zero attached hydrogens (tertiary/aromatic N) is 1. The quantitative estimate of drug-likeness (QED) is 0.658. The van der Waals surface area contributed by atoms with Gasteiger partial charge in [0.1, 0.15) is 0 Å². The molecule has 0 unspecified atom stereocenters. The highest BCUT2D eigenvalue weighted by atomic mass is 16.2. The Kier molecular flexibility index (Phi) is 5.63. The topological polar surface area (TPSA) is 70.6 Å². The van der Waals surface area contributed by atoms with Gasteiger partial charge in [0.2, 0.25) is 5.91 Å². The molecule has 2 rings (SSSR count). The SMILES string of the molecule is CCC(=O)Nc1ccc(C(=O)N/N=C\c2cccc(C)c2)cc1. The second-order valence-electron chi connectivity index (χ2n) is 5.09. The van der Waals surface area contributed by atoms with Crippen molar-refractivity contribution in [2.24, 2.45) is 5.10 Å². The number of carbonyl (C=O) groups excluding carboxylic acids is 2. The smallest absolute Gasteiger partial charge is 0.271 e. The van der Waals surface area contributed by atoms with E-state index in [1.165, 1.54) is 0 Å². The lowest BCUT2D eigenvalue weighted by Crippen LogP contribution is -2.17. The highest BCUT2D eigenvalue weighted by Crippen LogP contribution is 2.10. The minimum absolute atomic E-state index is 0.0649. The van der Waals surface area contributed by atoms with E-state index < -0.39 is 0 Å². The maximum Gasteiger partial charge on any atom is 0.271 e. The molecule has 2 aromatic carbocycles. The number of anilines is 1. The molecule has 0 bridgehead atoms. The van der Waals surface area contributed by atoms with Crippen molar-refractivity contribution in [2.75, 3.05) is 5.32 Å². The highest BCUT2D eigenvalue weighted by molar-refractivity contribution is 5.96. The molecule has 0 saturated carbocycles. The van der Waals surface area contributed by atoms with Crippen LogP contribution in [0.15, 0.2) is 53.6 Å². The monoisotopic (exact) mass is 309 g/mol. The predicted molar refractivity (Wildman–Crippen MR) is 91.6 cm³/mol. The van der Waals surface area contributed by atoms with E-state index in [0.29, 0.717) is 17.7 Å². The van der Waals surface area contributed by atoms with E-state index in [1.807, 2.05) is 31.2 Å². The van der Waals surface area contributed by atoms with Crippen LogP contribution in [0.4, 0.5) is 5.69 Å². The average molecular weight is 309 g/mol. The zero-order valence-electron chi connectivity index (χ0n) is 13.2. The normalized spacial score (nSPS) is 10.5. The van der Waals surface area contributed by atoms with Gasteiger partial charge in [-0.2, -0.15) is 5.10 Å². The van der Waals surface area contributed by atoms with Crippen molar-refractivity contribution < 1.29 is 9.59 Å². The van der Waals surface area contributed by atoms with Gasteiger partial charge in [-0.1, -0.05) is 36.8 Å². The first kappa shape index (κ1) is 16.4. The highest BCUT2D eigenvalue weighted by Gasteiger charge is 2.05.